The van der Waals surface area contributed by atoms with Crippen LogP contribution in [-0.2, 0) is 32.3 Å². The van der Waals surface area contributed by atoms with E-state index in [4.69, 9.17) is 11.6 Å². The number of halogens is 5. The average Bonchev–Trinajstić information content (AvgIpc) is 2.94. The van der Waals surface area contributed by atoms with Crippen molar-refractivity contribution < 1.29 is 31.2 Å². The minimum absolute atomic E-state index is 0.0715. The normalized spacial score (nSPS) is 12.6. The van der Waals surface area contributed by atoms with Crippen molar-refractivity contribution in [3.05, 3.63) is 93.4 Å². The first-order chi connectivity index (χ1) is 19.6. The summed E-state index contributed by atoms with van der Waals surface area (Å²) in [6.45, 7) is 4.66. The van der Waals surface area contributed by atoms with Crippen LogP contribution < -0.4 is 9.62 Å². The van der Waals surface area contributed by atoms with Crippen LogP contribution >= 0.6 is 27.5 Å². The van der Waals surface area contributed by atoms with E-state index in [1.165, 1.54) is 36.1 Å². The molecule has 0 bridgehead atoms. The number of benzene rings is 3. The second-order valence-electron chi connectivity index (χ2n) is 9.95. The molecule has 0 aliphatic carbocycles. The van der Waals surface area contributed by atoms with Crippen molar-refractivity contribution in [1.82, 2.24) is 10.2 Å². The Morgan fingerprint density at radius 1 is 0.976 bits per heavy atom. The molecule has 0 aliphatic rings. The van der Waals surface area contributed by atoms with Gasteiger partial charge in [-0.3, -0.25) is 13.9 Å². The van der Waals surface area contributed by atoms with Gasteiger partial charge in [0.2, 0.25) is 11.8 Å². The van der Waals surface area contributed by atoms with E-state index in [1.54, 1.807) is 30.3 Å². The number of hydrogen-bond donors (Lipinski definition) is 1. The van der Waals surface area contributed by atoms with Crippen LogP contribution in [0.3, 0.4) is 0 Å². The topological polar surface area (TPSA) is 86.8 Å². The minimum atomic E-state index is -4.80. The second-order valence-corrected chi connectivity index (χ2v) is 13.1. The molecule has 1 N–H and O–H groups in total. The van der Waals surface area contributed by atoms with Gasteiger partial charge in [0.15, 0.2) is 0 Å². The number of alkyl halides is 3. The van der Waals surface area contributed by atoms with E-state index in [2.05, 4.69) is 21.2 Å². The molecule has 7 nitrogen and oxygen atoms in total. The maximum atomic E-state index is 13.9. The van der Waals surface area contributed by atoms with Crippen LogP contribution in [0.5, 0.6) is 0 Å². The molecule has 0 aliphatic heterocycles. The van der Waals surface area contributed by atoms with E-state index >= 15 is 0 Å². The fraction of sp³-hybridized carbons (Fsp3) is 0.310. The monoisotopic (exact) mass is 687 g/mol. The van der Waals surface area contributed by atoms with Crippen molar-refractivity contribution in [2.24, 2.45) is 5.92 Å². The lowest BCUT2D eigenvalue weighted by Crippen LogP contribution is -2.51. The molecule has 0 unspecified atom stereocenters. The Balaban J connectivity index is 2.10. The number of anilines is 1. The van der Waals surface area contributed by atoms with Crippen molar-refractivity contribution >= 4 is 55.1 Å². The highest BCUT2D eigenvalue weighted by molar-refractivity contribution is 9.10. The molecule has 1 atom stereocenters. The Bertz CT molecular complexity index is 1500. The van der Waals surface area contributed by atoms with Crippen molar-refractivity contribution in [2.75, 3.05) is 17.4 Å². The van der Waals surface area contributed by atoms with Gasteiger partial charge >= 0.3 is 6.18 Å². The Labute approximate surface area is 256 Å². The summed E-state index contributed by atoms with van der Waals surface area (Å²) in [6.07, 6.45) is -4.80. The highest BCUT2D eigenvalue weighted by Gasteiger charge is 2.36. The number of sulfonamides is 1. The maximum absolute atomic E-state index is 13.9. The van der Waals surface area contributed by atoms with E-state index < -0.39 is 51.9 Å². The smallest absolute Gasteiger partial charge is 0.354 e. The highest BCUT2D eigenvalue weighted by atomic mass is 79.9. The second kappa shape index (κ2) is 13.9. The molecule has 0 spiro atoms. The first kappa shape index (κ1) is 33.4. The molecule has 3 rings (SSSR count). The SMILES string of the molecule is CC(C)CNC(=O)[C@H](C)N(Cc1ccc(Br)cc1)C(=O)CN(c1cc(C(F)(F)F)ccc1Cl)S(=O)(=O)c1ccccc1. The van der Waals surface area contributed by atoms with Crippen molar-refractivity contribution in [1.29, 1.82) is 0 Å². The van der Waals surface area contributed by atoms with Gasteiger partial charge in [0.1, 0.15) is 12.6 Å². The molecular weight excluding hydrogens is 659 g/mol. The number of rotatable bonds is 11. The number of carbonyl (C=O) groups excluding carboxylic acids is 2. The summed E-state index contributed by atoms with van der Waals surface area (Å²) in [4.78, 5) is 27.9. The fourth-order valence-corrected chi connectivity index (χ4v) is 5.91. The zero-order valence-corrected chi connectivity index (χ0v) is 26.2. The van der Waals surface area contributed by atoms with Gasteiger partial charge < -0.3 is 10.2 Å². The molecule has 226 valence electrons. The zero-order chi connectivity index (χ0) is 31.2. The van der Waals surface area contributed by atoms with E-state index in [9.17, 15) is 31.2 Å². The van der Waals surface area contributed by atoms with Gasteiger partial charge in [-0.05, 0) is 60.9 Å². The lowest BCUT2D eigenvalue weighted by Gasteiger charge is -2.32. The number of amides is 2. The molecule has 0 saturated heterocycles. The first-order valence-corrected chi connectivity index (χ1v) is 15.5. The average molecular weight is 689 g/mol. The Hall–Kier alpha value is -3.09. The largest absolute Gasteiger partial charge is 0.416 e. The standard InChI is InChI=1S/C29H30BrClF3N3O4S/c1-19(2)16-35-28(39)20(3)36(17-21-9-12-23(30)13-10-21)27(38)18-37(42(40,41)24-7-5-4-6-8-24)26-15-22(29(32,33)34)11-14-25(26)31/h4-15,19-20H,16-18H2,1-3H3,(H,35,39)/t20-/m0/s1. The van der Waals surface area contributed by atoms with E-state index in [0.29, 0.717) is 22.5 Å². The summed E-state index contributed by atoms with van der Waals surface area (Å²) in [5, 5.41) is 2.46. The van der Waals surface area contributed by atoms with Crippen LogP contribution in [0.2, 0.25) is 5.02 Å². The summed E-state index contributed by atoms with van der Waals surface area (Å²) in [5.41, 5.74) is -1.02. The molecular formula is C29H30BrClF3N3O4S. The molecule has 13 heteroatoms. The third-order valence-corrected chi connectivity index (χ3v) is 8.89. The van der Waals surface area contributed by atoms with Gasteiger partial charge in [0, 0.05) is 17.6 Å². The van der Waals surface area contributed by atoms with Crippen LogP contribution in [0.25, 0.3) is 0 Å². The van der Waals surface area contributed by atoms with E-state index in [-0.39, 0.29) is 22.4 Å². The first-order valence-electron chi connectivity index (χ1n) is 12.9. The summed E-state index contributed by atoms with van der Waals surface area (Å²) in [7, 11) is -4.59. The van der Waals surface area contributed by atoms with Crippen LogP contribution in [-0.4, -0.2) is 44.3 Å². The van der Waals surface area contributed by atoms with Crippen LogP contribution in [0, 0.1) is 5.92 Å². The summed E-state index contributed by atoms with van der Waals surface area (Å²) in [5.74, 6) is -1.16. The van der Waals surface area contributed by atoms with Crippen molar-refractivity contribution in [2.45, 2.75) is 44.4 Å². The number of nitrogens with one attached hydrogen (secondary N) is 1. The Kier molecular flexibility index (Phi) is 11.1. The molecule has 3 aromatic carbocycles. The van der Waals surface area contributed by atoms with Gasteiger partial charge in [-0.15, -0.1) is 0 Å². The van der Waals surface area contributed by atoms with Crippen LogP contribution in [0.15, 0.2) is 82.2 Å². The summed E-state index contributed by atoms with van der Waals surface area (Å²) in [6, 6.07) is 15.1. The molecule has 2 amide bonds. The molecule has 0 saturated carbocycles. The summed E-state index contributed by atoms with van der Waals surface area (Å²) >= 11 is 9.60. The number of hydrogen-bond acceptors (Lipinski definition) is 4. The number of nitrogens with zero attached hydrogens (tertiary/aromatic N) is 2. The van der Waals surface area contributed by atoms with Crippen LogP contribution in [0.4, 0.5) is 18.9 Å². The van der Waals surface area contributed by atoms with Gasteiger partial charge in [-0.2, -0.15) is 13.2 Å². The van der Waals surface area contributed by atoms with Crippen molar-refractivity contribution in [3.63, 3.8) is 0 Å². The predicted molar refractivity (Wildman–Crippen MR) is 159 cm³/mol. The van der Waals surface area contributed by atoms with Crippen LogP contribution in [0.1, 0.15) is 31.9 Å². The van der Waals surface area contributed by atoms with Gasteiger partial charge in [-0.25, -0.2) is 8.42 Å². The Morgan fingerprint density at radius 3 is 2.17 bits per heavy atom. The summed E-state index contributed by atoms with van der Waals surface area (Å²) < 4.78 is 69.9. The lowest BCUT2D eigenvalue weighted by atomic mass is 10.1. The van der Waals surface area contributed by atoms with Crippen molar-refractivity contribution in [3.8, 4) is 0 Å². The molecule has 0 heterocycles. The van der Waals surface area contributed by atoms with Gasteiger partial charge in [-0.1, -0.05) is 71.7 Å². The highest BCUT2D eigenvalue weighted by Crippen LogP contribution is 2.37. The maximum Gasteiger partial charge on any atom is 0.416 e. The fourth-order valence-electron chi connectivity index (χ4n) is 3.93. The zero-order valence-electron chi connectivity index (χ0n) is 23.0. The van der Waals surface area contributed by atoms with E-state index in [0.717, 1.165) is 16.6 Å². The van der Waals surface area contributed by atoms with Gasteiger partial charge in [0.05, 0.1) is 21.2 Å². The van der Waals surface area contributed by atoms with E-state index in [1.807, 2.05) is 13.8 Å². The molecule has 3 aromatic rings. The molecule has 0 radical (unpaired) electrons. The minimum Gasteiger partial charge on any atom is -0.354 e. The quantitative estimate of drug-likeness (QED) is 0.249. The molecule has 0 fully saturated rings. The lowest BCUT2D eigenvalue weighted by molar-refractivity contribution is -0.139. The third kappa shape index (κ3) is 8.48. The molecule has 42 heavy (non-hydrogen) atoms. The Morgan fingerprint density at radius 2 is 1.60 bits per heavy atom. The predicted octanol–water partition coefficient (Wildman–Crippen LogP) is 6.51. The van der Waals surface area contributed by atoms with Gasteiger partial charge in [0.25, 0.3) is 10.0 Å². The number of carbonyl (C=O) groups is 2. The molecule has 0 aromatic heterocycles. The third-order valence-electron chi connectivity index (χ3n) is 6.27.